The second-order valence-electron chi connectivity index (χ2n) is 4.20. The molecule has 0 unspecified atom stereocenters. The molecule has 2 rings (SSSR count). The van der Waals surface area contributed by atoms with Crippen molar-refractivity contribution in [3.63, 3.8) is 0 Å². The van der Waals surface area contributed by atoms with Gasteiger partial charge in [-0.1, -0.05) is 48.2 Å². The molecule has 110 valence electrons. The molecular formula is C15H14F2N2OS. The summed E-state index contributed by atoms with van der Waals surface area (Å²) in [6, 6.07) is 15.5. The van der Waals surface area contributed by atoms with E-state index in [4.69, 9.17) is 0 Å². The molecule has 0 aliphatic rings. The van der Waals surface area contributed by atoms with Crippen LogP contribution in [0.15, 0.2) is 59.5 Å². The van der Waals surface area contributed by atoms with Crippen LogP contribution in [0.1, 0.15) is 5.56 Å². The molecular weight excluding hydrogens is 294 g/mol. The van der Waals surface area contributed by atoms with Crippen molar-refractivity contribution in [3.8, 4) is 0 Å². The zero-order chi connectivity index (χ0) is 15.1. The predicted octanol–water partition coefficient (Wildman–Crippen LogP) is 4.32. The van der Waals surface area contributed by atoms with Crippen LogP contribution in [0.4, 0.5) is 19.3 Å². The molecule has 2 aromatic rings. The van der Waals surface area contributed by atoms with Crippen molar-refractivity contribution in [1.29, 1.82) is 0 Å². The molecule has 21 heavy (non-hydrogen) atoms. The highest BCUT2D eigenvalue weighted by atomic mass is 32.2. The first-order valence-electron chi connectivity index (χ1n) is 6.27. The van der Waals surface area contributed by atoms with Gasteiger partial charge < -0.3 is 10.6 Å². The van der Waals surface area contributed by atoms with E-state index in [1.54, 1.807) is 18.2 Å². The van der Waals surface area contributed by atoms with Crippen LogP contribution in [0, 0.1) is 0 Å². The monoisotopic (exact) mass is 308 g/mol. The fraction of sp³-hybridized carbons (Fsp3) is 0.133. The van der Waals surface area contributed by atoms with Crippen LogP contribution in [0.25, 0.3) is 0 Å². The van der Waals surface area contributed by atoms with E-state index in [9.17, 15) is 13.6 Å². The summed E-state index contributed by atoms with van der Waals surface area (Å²) in [5, 5.41) is 5.32. The van der Waals surface area contributed by atoms with Crippen LogP contribution in [-0.4, -0.2) is 11.8 Å². The summed E-state index contributed by atoms with van der Waals surface area (Å²) in [4.78, 5) is 12.2. The lowest BCUT2D eigenvalue weighted by Gasteiger charge is -2.09. The lowest BCUT2D eigenvalue weighted by Crippen LogP contribution is -2.28. The van der Waals surface area contributed by atoms with Gasteiger partial charge in [0.2, 0.25) is 0 Å². The Bertz CT molecular complexity index is 593. The van der Waals surface area contributed by atoms with E-state index in [0.717, 1.165) is 5.56 Å². The Hall–Kier alpha value is -2.08. The molecule has 0 spiro atoms. The van der Waals surface area contributed by atoms with Gasteiger partial charge in [0.1, 0.15) is 0 Å². The molecule has 0 aliphatic heterocycles. The zero-order valence-corrected chi connectivity index (χ0v) is 11.9. The summed E-state index contributed by atoms with van der Waals surface area (Å²) in [6.07, 6.45) is 0. The summed E-state index contributed by atoms with van der Waals surface area (Å²) in [5.74, 6) is -2.48. The molecule has 0 saturated heterocycles. The Balaban J connectivity index is 1.87. The first kappa shape index (κ1) is 15.3. The van der Waals surface area contributed by atoms with E-state index >= 15 is 0 Å². The smallest absolute Gasteiger partial charge is 0.319 e. The molecule has 0 aromatic heterocycles. The van der Waals surface area contributed by atoms with Crippen LogP contribution >= 0.6 is 11.8 Å². The van der Waals surface area contributed by atoms with Crippen LogP contribution < -0.4 is 10.6 Å². The average molecular weight is 308 g/mol. The number of carbonyl (C=O) groups is 1. The minimum absolute atomic E-state index is 0.377. The molecule has 0 atom stereocenters. The van der Waals surface area contributed by atoms with Gasteiger partial charge in [0.25, 0.3) is 5.76 Å². The topological polar surface area (TPSA) is 41.1 Å². The van der Waals surface area contributed by atoms with Crippen molar-refractivity contribution in [1.82, 2.24) is 5.32 Å². The number of alkyl halides is 2. The maximum atomic E-state index is 12.3. The highest BCUT2D eigenvalue weighted by Crippen LogP contribution is 2.27. The molecule has 0 saturated carbocycles. The maximum Gasteiger partial charge on any atom is 0.319 e. The number of anilines is 1. The fourth-order valence-corrected chi connectivity index (χ4v) is 2.26. The molecule has 2 N–H and O–H groups in total. The second-order valence-corrected chi connectivity index (χ2v) is 5.26. The molecule has 0 radical (unpaired) electrons. The lowest BCUT2D eigenvalue weighted by molar-refractivity contribution is 0.251. The number of nitrogens with one attached hydrogen (secondary N) is 2. The number of thioether (sulfide) groups is 1. The van der Waals surface area contributed by atoms with E-state index in [1.807, 2.05) is 30.3 Å². The van der Waals surface area contributed by atoms with Gasteiger partial charge in [0.05, 0.1) is 0 Å². The Kier molecular flexibility index (Phi) is 5.57. The molecule has 6 heteroatoms. The molecule has 0 bridgehead atoms. The summed E-state index contributed by atoms with van der Waals surface area (Å²) < 4.78 is 24.6. The van der Waals surface area contributed by atoms with E-state index < -0.39 is 5.76 Å². The van der Waals surface area contributed by atoms with Crippen molar-refractivity contribution in [2.45, 2.75) is 17.2 Å². The van der Waals surface area contributed by atoms with Gasteiger partial charge in [0, 0.05) is 17.1 Å². The number of hydrogen-bond donors (Lipinski definition) is 2. The van der Waals surface area contributed by atoms with Crippen LogP contribution in [0.2, 0.25) is 0 Å². The van der Waals surface area contributed by atoms with Crippen molar-refractivity contribution in [2.75, 3.05) is 5.32 Å². The maximum absolute atomic E-state index is 12.3. The van der Waals surface area contributed by atoms with E-state index in [1.165, 1.54) is 6.07 Å². The van der Waals surface area contributed by atoms with Gasteiger partial charge >= 0.3 is 6.03 Å². The summed E-state index contributed by atoms with van der Waals surface area (Å²) >= 11 is 0.445. The van der Waals surface area contributed by atoms with E-state index in [-0.39, 0.29) is 6.03 Å². The first-order valence-corrected chi connectivity index (χ1v) is 7.15. The number of benzene rings is 2. The number of carbonyl (C=O) groups excluding carboxylic acids is 1. The molecule has 0 fully saturated rings. The van der Waals surface area contributed by atoms with Crippen LogP contribution in [-0.2, 0) is 6.54 Å². The number of hydrogen-bond acceptors (Lipinski definition) is 2. The first-order chi connectivity index (χ1) is 10.1. The van der Waals surface area contributed by atoms with E-state index in [2.05, 4.69) is 10.6 Å². The third-order valence-corrected chi connectivity index (χ3v) is 3.32. The number of rotatable bonds is 5. The van der Waals surface area contributed by atoms with Crippen LogP contribution in [0.5, 0.6) is 0 Å². The molecule has 3 nitrogen and oxygen atoms in total. The summed E-state index contributed by atoms with van der Waals surface area (Å²) in [6.45, 7) is 0.401. The Morgan fingerprint density at radius 2 is 1.86 bits per heavy atom. The number of amides is 2. The zero-order valence-electron chi connectivity index (χ0n) is 11.1. The summed E-state index contributed by atoms with van der Waals surface area (Å²) in [5.41, 5.74) is 1.46. The van der Waals surface area contributed by atoms with Crippen molar-refractivity contribution < 1.29 is 13.6 Å². The quantitative estimate of drug-likeness (QED) is 0.808. The highest BCUT2D eigenvalue weighted by Gasteiger charge is 2.07. The fourth-order valence-electron chi connectivity index (χ4n) is 1.70. The van der Waals surface area contributed by atoms with Gasteiger partial charge in [-0.25, -0.2) is 4.79 Å². The highest BCUT2D eigenvalue weighted by molar-refractivity contribution is 7.99. The predicted molar refractivity (Wildman–Crippen MR) is 80.6 cm³/mol. The average Bonchev–Trinajstić information content (AvgIpc) is 2.46. The lowest BCUT2D eigenvalue weighted by atomic mass is 10.2. The Labute approximate surface area is 125 Å². The van der Waals surface area contributed by atoms with Gasteiger partial charge in [-0.2, -0.15) is 8.78 Å². The van der Waals surface area contributed by atoms with E-state index in [0.29, 0.717) is 28.9 Å². The molecule has 2 amide bonds. The third-order valence-electron chi connectivity index (χ3n) is 2.61. The largest absolute Gasteiger partial charge is 0.334 e. The van der Waals surface area contributed by atoms with Crippen molar-refractivity contribution in [2.24, 2.45) is 0 Å². The minimum Gasteiger partial charge on any atom is -0.334 e. The van der Waals surface area contributed by atoms with Crippen molar-refractivity contribution in [3.05, 3.63) is 60.2 Å². The normalized spacial score (nSPS) is 10.4. The van der Waals surface area contributed by atoms with Gasteiger partial charge in [-0.05, 0) is 23.8 Å². The summed E-state index contributed by atoms with van der Waals surface area (Å²) in [7, 11) is 0. The van der Waals surface area contributed by atoms with Crippen LogP contribution in [0.3, 0.4) is 0 Å². The third kappa shape index (κ3) is 5.43. The van der Waals surface area contributed by atoms with Crippen molar-refractivity contribution >= 4 is 23.5 Å². The number of halogens is 2. The van der Waals surface area contributed by atoms with Gasteiger partial charge in [0.15, 0.2) is 0 Å². The minimum atomic E-state index is -2.48. The SMILES string of the molecule is O=C(NCc1ccccc1)Nc1cccc(SC(F)F)c1. The standard InChI is InChI=1S/C15H14F2N2OS/c16-14(17)21-13-8-4-7-12(9-13)19-15(20)18-10-11-5-2-1-3-6-11/h1-9,14H,10H2,(H2,18,19,20). The Morgan fingerprint density at radius 3 is 2.57 bits per heavy atom. The molecule has 2 aromatic carbocycles. The number of urea groups is 1. The molecule has 0 aliphatic carbocycles. The second kappa shape index (κ2) is 7.64. The van der Waals surface area contributed by atoms with Gasteiger partial charge in [-0.3, -0.25) is 0 Å². The molecule has 0 heterocycles. The van der Waals surface area contributed by atoms with Gasteiger partial charge in [-0.15, -0.1) is 0 Å². The Morgan fingerprint density at radius 1 is 1.10 bits per heavy atom.